The second-order valence-corrected chi connectivity index (χ2v) is 4.43. The van der Waals surface area contributed by atoms with Crippen LogP contribution in [0.15, 0.2) is 30.3 Å². The monoisotopic (exact) mass is 214 g/mol. The normalized spacial score (nSPS) is 13.5. The lowest BCUT2D eigenvalue weighted by Crippen LogP contribution is -1.94. The van der Waals surface area contributed by atoms with E-state index in [1.54, 1.807) is 0 Å². The standard InChI is InChI=1S/C14H11Cl/c1-9-12-7-3-5-10-4-2-6-11(14(10)12)8-13(9)15/h2-5,7-8H,6H2,1H3. The Morgan fingerprint density at radius 2 is 2.13 bits per heavy atom. The van der Waals surface area contributed by atoms with Crippen molar-refractivity contribution < 1.29 is 0 Å². The topological polar surface area (TPSA) is 0 Å². The van der Waals surface area contributed by atoms with Gasteiger partial charge in [-0.05, 0) is 46.9 Å². The minimum Gasteiger partial charge on any atom is -0.0840 e. The fourth-order valence-electron chi connectivity index (χ4n) is 2.32. The molecule has 1 heteroatoms. The molecule has 0 nitrogen and oxygen atoms in total. The molecule has 2 aromatic carbocycles. The van der Waals surface area contributed by atoms with Gasteiger partial charge in [-0.1, -0.05) is 42.0 Å². The number of hydrogen-bond acceptors (Lipinski definition) is 0. The average molecular weight is 215 g/mol. The van der Waals surface area contributed by atoms with Crippen molar-refractivity contribution >= 4 is 28.4 Å². The van der Waals surface area contributed by atoms with Gasteiger partial charge < -0.3 is 0 Å². The Morgan fingerprint density at radius 1 is 1.27 bits per heavy atom. The van der Waals surface area contributed by atoms with E-state index in [4.69, 9.17) is 11.6 Å². The molecule has 0 fully saturated rings. The van der Waals surface area contributed by atoms with Gasteiger partial charge in [-0.2, -0.15) is 0 Å². The first-order valence-corrected chi connectivity index (χ1v) is 5.52. The molecule has 0 saturated carbocycles. The van der Waals surface area contributed by atoms with Gasteiger partial charge in [0.15, 0.2) is 0 Å². The quantitative estimate of drug-likeness (QED) is 0.611. The number of benzene rings is 2. The molecule has 0 bridgehead atoms. The maximum Gasteiger partial charge on any atom is 0.0444 e. The molecule has 0 radical (unpaired) electrons. The van der Waals surface area contributed by atoms with Crippen LogP contribution in [0.5, 0.6) is 0 Å². The highest BCUT2D eigenvalue weighted by Gasteiger charge is 2.11. The van der Waals surface area contributed by atoms with E-state index in [9.17, 15) is 0 Å². The molecule has 0 amide bonds. The zero-order chi connectivity index (χ0) is 10.4. The van der Waals surface area contributed by atoms with E-state index in [0.29, 0.717) is 0 Å². The van der Waals surface area contributed by atoms with E-state index >= 15 is 0 Å². The van der Waals surface area contributed by atoms with E-state index in [2.05, 4.69) is 43.3 Å². The maximum absolute atomic E-state index is 6.22. The van der Waals surface area contributed by atoms with Crippen LogP contribution in [-0.4, -0.2) is 0 Å². The molecule has 0 unspecified atom stereocenters. The molecule has 0 N–H and O–H groups in total. The van der Waals surface area contributed by atoms with Crippen LogP contribution < -0.4 is 0 Å². The first kappa shape index (κ1) is 8.99. The van der Waals surface area contributed by atoms with Gasteiger partial charge in [-0.3, -0.25) is 0 Å². The van der Waals surface area contributed by atoms with Crippen LogP contribution in [0, 0.1) is 6.92 Å². The van der Waals surface area contributed by atoms with Gasteiger partial charge in [0.05, 0.1) is 0 Å². The van der Waals surface area contributed by atoms with Crippen LogP contribution in [0.3, 0.4) is 0 Å². The second kappa shape index (κ2) is 3.11. The van der Waals surface area contributed by atoms with Gasteiger partial charge in [-0.15, -0.1) is 0 Å². The van der Waals surface area contributed by atoms with Gasteiger partial charge in [0.25, 0.3) is 0 Å². The summed E-state index contributed by atoms with van der Waals surface area (Å²) in [6.07, 6.45) is 5.39. The van der Waals surface area contributed by atoms with Crippen LogP contribution in [-0.2, 0) is 6.42 Å². The van der Waals surface area contributed by atoms with Crippen LogP contribution in [0.25, 0.3) is 16.8 Å². The lowest BCUT2D eigenvalue weighted by Gasteiger charge is -2.15. The van der Waals surface area contributed by atoms with Crippen LogP contribution >= 0.6 is 11.6 Å². The number of allylic oxidation sites excluding steroid dienone is 1. The third-order valence-corrected chi connectivity index (χ3v) is 3.51. The van der Waals surface area contributed by atoms with E-state index < -0.39 is 0 Å². The Balaban J connectivity index is 2.56. The van der Waals surface area contributed by atoms with Crippen molar-refractivity contribution in [3.8, 4) is 0 Å². The summed E-state index contributed by atoms with van der Waals surface area (Å²) in [5.41, 5.74) is 3.85. The van der Waals surface area contributed by atoms with Gasteiger partial charge in [0.2, 0.25) is 0 Å². The Labute approximate surface area is 94.2 Å². The third-order valence-electron chi connectivity index (χ3n) is 3.12. The average Bonchev–Trinajstić information content (AvgIpc) is 2.26. The van der Waals surface area contributed by atoms with E-state index in [0.717, 1.165) is 11.4 Å². The molecule has 1 aliphatic carbocycles. The first-order valence-electron chi connectivity index (χ1n) is 5.14. The SMILES string of the molecule is Cc1c(Cl)cc2c3c(cccc13)C=CC2. The second-order valence-electron chi connectivity index (χ2n) is 4.02. The molecule has 0 aromatic heterocycles. The fourth-order valence-corrected chi connectivity index (χ4v) is 2.55. The molecule has 0 atom stereocenters. The maximum atomic E-state index is 6.22. The Hall–Kier alpha value is -1.27. The molecular weight excluding hydrogens is 204 g/mol. The molecule has 0 saturated heterocycles. The molecule has 0 heterocycles. The smallest absolute Gasteiger partial charge is 0.0444 e. The zero-order valence-corrected chi connectivity index (χ0v) is 9.31. The molecule has 2 aromatic rings. The Morgan fingerprint density at radius 3 is 3.00 bits per heavy atom. The molecule has 0 spiro atoms. The van der Waals surface area contributed by atoms with Crippen LogP contribution in [0.1, 0.15) is 16.7 Å². The predicted octanol–water partition coefficient (Wildman–Crippen LogP) is 4.37. The Kier molecular flexibility index (Phi) is 1.86. The van der Waals surface area contributed by atoms with Crippen molar-refractivity contribution in [2.45, 2.75) is 13.3 Å². The summed E-state index contributed by atoms with van der Waals surface area (Å²) in [5.74, 6) is 0. The number of hydrogen-bond donors (Lipinski definition) is 0. The number of aryl methyl sites for hydroxylation is 1. The minimum atomic E-state index is 0.880. The highest BCUT2D eigenvalue weighted by atomic mass is 35.5. The number of halogens is 1. The molecule has 15 heavy (non-hydrogen) atoms. The summed E-state index contributed by atoms with van der Waals surface area (Å²) >= 11 is 6.22. The van der Waals surface area contributed by atoms with Crippen LogP contribution in [0.2, 0.25) is 5.02 Å². The van der Waals surface area contributed by atoms with Crippen molar-refractivity contribution in [1.82, 2.24) is 0 Å². The van der Waals surface area contributed by atoms with Crippen molar-refractivity contribution in [2.24, 2.45) is 0 Å². The molecular formula is C14H11Cl. The number of rotatable bonds is 0. The molecule has 74 valence electrons. The predicted molar refractivity (Wildman–Crippen MR) is 66.4 cm³/mol. The summed E-state index contributed by atoms with van der Waals surface area (Å²) in [6.45, 7) is 2.09. The fraction of sp³-hybridized carbons (Fsp3) is 0.143. The van der Waals surface area contributed by atoms with E-state index in [-0.39, 0.29) is 0 Å². The molecule has 1 aliphatic rings. The summed E-state index contributed by atoms with van der Waals surface area (Å²) in [5, 5.41) is 3.55. The minimum absolute atomic E-state index is 0.880. The molecule has 3 rings (SSSR count). The lowest BCUT2D eigenvalue weighted by atomic mass is 9.91. The largest absolute Gasteiger partial charge is 0.0840 e. The Bertz CT molecular complexity index is 579. The summed E-state index contributed by atoms with van der Waals surface area (Å²) in [7, 11) is 0. The summed E-state index contributed by atoms with van der Waals surface area (Å²) in [4.78, 5) is 0. The van der Waals surface area contributed by atoms with Crippen molar-refractivity contribution in [1.29, 1.82) is 0 Å². The van der Waals surface area contributed by atoms with Crippen molar-refractivity contribution in [3.63, 3.8) is 0 Å². The van der Waals surface area contributed by atoms with Crippen molar-refractivity contribution in [3.05, 3.63) is 52.1 Å². The zero-order valence-electron chi connectivity index (χ0n) is 8.55. The van der Waals surface area contributed by atoms with E-state index in [1.807, 2.05) is 0 Å². The van der Waals surface area contributed by atoms with Gasteiger partial charge in [0, 0.05) is 5.02 Å². The first-order chi connectivity index (χ1) is 7.27. The van der Waals surface area contributed by atoms with Gasteiger partial charge >= 0.3 is 0 Å². The third kappa shape index (κ3) is 1.22. The van der Waals surface area contributed by atoms with E-state index in [1.165, 1.54) is 27.5 Å². The van der Waals surface area contributed by atoms with Gasteiger partial charge in [-0.25, -0.2) is 0 Å². The van der Waals surface area contributed by atoms with Crippen LogP contribution in [0.4, 0.5) is 0 Å². The highest BCUT2D eigenvalue weighted by Crippen LogP contribution is 2.34. The molecule has 0 aliphatic heterocycles. The van der Waals surface area contributed by atoms with Gasteiger partial charge in [0.1, 0.15) is 0 Å². The lowest BCUT2D eigenvalue weighted by molar-refractivity contribution is 1.28. The van der Waals surface area contributed by atoms with Crippen molar-refractivity contribution in [2.75, 3.05) is 0 Å². The summed E-state index contributed by atoms with van der Waals surface area (Å²) in [6, 6.07) is 8.52. The summed E-state index contributed by atoms with van der Waals surface area (Å²) < 4.78 is 0. The highest BCUT2D eigenvalue weighted by molar-refractivity contribution is 6.32.